The Bertz CT molecular complexity index is 1040. The van der Waals surface area contributed by atoms with Gasteiger partial charge in [-0.1, -0.05) is 42.5 Å². The largest absolute Gasteiger partial charge is 0.506 e. The van der Waals surface area contributed by atoms with Crippen LogP contribution in [0.3, 0.4) is 0 Å². The molecule has 0 radical (unpaired) electrons. The number of aromatic hydroxyl groups is 1. The van der Waals surface area contributed by atoms with Crippen molar-refractivity contribution in [3.63, 3.8) is 0 Å². The number of carbonyl (C=O) groups excluding carboxylic acids is 1. The van der Waals surface area contributed by atoms with Gasteiger partial charge in [-0.25, -0.2) is 0 Å². The molecule has 3 rings (SSSR count). The SMILES string of the molecule is O=C(NC(=S)Nc1ccc([N+](=O)[O-])cc1O)c1ccc(-c2ccccc2)cc1. The van der Waals surface area contributed by atoms with Crippen molar-refractivity contribution in [2.45, 2.75) is 0 Å². The molecule has 0 aromatic heterocycles. The summed E-state index contributed by atoms with van der Waals surface area (Å²) in [7, 11) is 0. The van der Waals surface area contributed by atoms with Gasteiger partial charge in [0.2, 0.25) is 0 Å². The second kappa shape index (κ2) is 8.28. The van der Waals surface area contributed by atoms with Gasteiger partial charge < -0.3 is 10.4 Å². The summed E-state index contributed by atoms with van der Waals surface area (Å²) < 4.78 is 0. The van der Waals surface area contributed by atoms with Crippen LogP contribution < -0.4 is 10.6 Å². The van der Waals surface area contributed by atoms with Gasteiger partial charge in [-0.15, -0.1) is 0 Å². The maximum atomic E-state index is 12.3. The van der Waals surface area contributed by atoms with E-state index in [0.717, 1.165) is 17.2 Å². The van der Waals surface area contributed by atoms with Crippen molar-refractivity contribution in [1.82, 2.24) is 5.32 Å². The third-order valence-corrected chi connectivity index (χ3v) is 4.13. The number of rotatable bonds is 4. The monoisotopic (exact) mass is 393 g/mol. The molecule has 1 amide bonds. The van der Waals surface area contributed by atoms with Crippen molar-refractivity contribution >= 4 is 34.6 Å². The number of benzene rings is 3. The Kier molecular flexibility index (Phi) is 5.61. The Morgan fingerprint density at radius 1 is 0.964 bits per heavy atom. The van der Waals surface area contributed by atoms with Crippen molar-refractivity contribution in [3.05, 3.63) is 88.5 Å². The fourth-order valence-electron chi connectivity index (χ4n) is 2.51. The van der Waals surface area contributed by atoms with Gasteiger partial charge in [0.05, 0.1) is 16.7 Å². The predicted octanol–water partition coefficient (Wildman–Crippen LogP) is 4.09. The van der Waals surface area contributed by atoms with Crippen LogP contribution in [0, 0.1) is 10.1 Å². The molecule has 0 spiro atoms. The first-order chi connectivity index (χ1) is 13.4. The molecule has 0 aliphatic heterocycles. The molecule has 3 N–H and O–H groups in total. The first kappa shape index (κ1) is 19.0. The molecule has 0 saturated carbocycles. The van der Waals surface area contributed by atoms with E-state index < -0.39 is 10.8 Å². The highest BCUT2D eigenvalue weighted by Gasteiger charge is 2.13. The van der Waals surface area contributed by atoms with Crippen molar-refractivity contribution < 1.29 is 14.8 Å². The zero-order valence-electron chi connectivity index (χ0n) is 14.5. The smallest absolute Gasteiger partial charge is 0.273 e. The van der Waals surface area contributed by atoms with Crippen LogP contribution in [0.2, 0.25) is 0 Å². The molecule has 28 heavy (non-hydrogen) atoms. The predicted molar refractivity (Wildman–Crippen MR) is 110 cm³/mol. The lowest BCUT2D eigenvalue weighted by Crippen LogP contribution is -2.34. The number of nitro benzene ring substituents is 1. The number of thiocarbonyl (C=S) groups is 1. The van der Waals surface area contributed by atoms with Gasteiger partial charge in [-0.3, -0.25) is 20.2 Å². The number of nitrogens with zero attached hydrogens (tertiary/aromatic N) is 1. The summed E-state index contributed by atoms with van der Waals surface area (Å²) in [4.78, 5) is 22.4. The van der Waals surface area contributed by atoms with Crippen LogP contribution in [0.5, 0.6) is 5.75 Å². The van der Waals surface area contributed by atoms with E-state index in [1.54, 1.807) is 12.1 Å². The average molecular weight is 393 g/mol. The van der Waals surface area contributed by atoms with Crippen LogP contribution in [0.1, 0.15) is 10.4 Å². The van der Waals surface area contributed by atoms with Crippen LogP contribution in [-0.2, 0) is 0 Å². The number of anilines is 1. The summed E-state index contributed by atoms with van der Waals surface area (Å²) in [5, 5.41) is 25.6. The number of phenolic OH excluding ortho intramolecular Hbond substituents is 1. The average Bonchev–Trinajstić information content (AvgIpc) is 2.70. The standard InChI is InChI=1S/C20H15N3O4S/c24-18-12-16(23(26)27)10-11-17(18)21-20(28)22-19(25)15-8-6-14(7-9-15)13-4-2-1-3-5-13/h1-12,24H,(H2,21,22,25,28). The Labute approximate surface area is 165 Å². The Morgan fingerprint density at radius 2 is 1.61 bits per heavy atom. The molecule has 0 aliphatic carbocycles. The van der Waals surface area contributed by atoms with E-state index in [9.17, 15) is 20.0 Å². The maximum absolute atomic E-state index is 12.3. The summed E-state index contributed by atoms with van der Waals surface area (Å²) in [6.07, 6.45) is 0. The molecular weight excluding hydrogens is 378 g/mol. The van der Waals surface area contributed by atoms with Crippen LogP contribution in [-0.4, -0.2) is 21.0 Å². The number of nitro groups is 1. The normalized spacial score (nSPS) is 10.1. The van der Waals surface area contributed by atoms with E-state index in [4.69, 9.17) is 12.2 Å². The molecule has 3 aromatic rings. The van der Waals surface area contributed by atoms with Gasteiger partial charge in [-0.05, 0) is 41.5 Å². The first-order valence-electron chi connectivity index (χ1n) is 8.19. The number of hydrogen-bond donors (Lipinski definition) is 3. The lowest BCUT2D eigenvalue weighted by molar-refractivity contribution is -0.384. The molecule has 0 unspecified atom stereocenters. The minimum absolute atomic E-state index is 0.0405. The summed E-state index contributed by atoms with van der Waals surface area (Å²) >= 11 is 5.07. The molecule has 140 valence electrons. The van der Waals surface area contributed by atoms with Gasteiger partial charge in [0, 0.05) is 11.6 Å². The van der Waals surface area contributed by atoms with Crippen LogP contribution in [0.25, 0.3) is 11.1 Å². The van der Waals surface area contributed by atoms with Crippen molar-refractivity contribution in [2.75, 3.05) is 5.32 Å². The van der Waals surface area contributed by atoms with E-state index in [0.29, 0.717) is 5.56 Å². The van der Waals surface area contributed by atoms with E-state index in [1.165, 1.54) is 12.1 Å². The van der Waals surface area contributed by atoms with E-state index >= 15 is 0 Å². The molecular formula is C20H15N3O4S. The van der Waals surface area contributed by atoms with Crippen molar-refractivity contribution in [3.8, 4) is 16.9 Å². The molecule has 0 aliphatic rings. The lowest BCUT2D eigenvalue weighted by atomic mass is 10.0. The number of non-ortho nitro benzene ring substituents is 1. The number of hydrogen-bond acceptors (Lipinski definition) is 5. The lowest BCUT2D eigenvalue weighted by Gasteiger charge is -2.11. The van der Waals surface area contributed by atoms with Crippen LogP contribution in [0.4, 0.5) is 11.4 Å². The van der Waals surface area contributed by atoms with E-state index in [2.05, 4.69) is 10.6 Å². The summed E-state index contributed by atoms with van der Waals surface area (Å²) in [6, 6.07) is 20.3. The third-order valence-electron chi connectivity index (χ3n) is 3.92. The van der Waals surface area contributed by atoms with E-state index in [-0.39, 0.29) is 22.2 Å². The number of carbonyl (C=O) groups is 1. The highest BCUT2D eigenvalue weighted by molar-refractivity contribution is 7.80. The Hall–Kier alpha value is -3.78. The van der Waals surface area contributed by atoms with Gasteiger partial charge >= 0.3 is 0 Å². The minimum Gasteiger partial charge on any atom is -0.506 e. The molecule has 0 heterocycles. The number of nitrogens with one attached hydrogen (secondary N) is 2. The Balaban J connectivity index is 1.64. The molecule has 0 saturated heterocycles. The fourth-order valence-corrected chi connectivity index (χ4v) is 2.72. The summed E-state index contributed by atoms with van der Waals surface area (Å²) in [5.74, 6) is -0.767. The maximum Gasteiger partial charge on any atom is 0.273 e. The molecule has 3 aromatic carbocycles. The first-order valence-corrected chi connectivity index (χ1v) is 8.60. The molecule has 0 bridgehead atoms. The molecule has 7 nitrogen and oxygen atoms in total. The summed E-state index contributed by atoms with van der Waals surface area (Å²) in [6.45, 7) is 0. The zero-order valence-corrected chi connectivity index (χ0v) is 15.3. The van der Waals surface area contributed by atoms with Gasteiger partial charge in [0.25, 0.3) is 11.6 Å². The summed E-state index contributed by atoms with van der Waals surface area (Å²) in [5.41, 5.74) is 2.33. The fraction of sp³-hybridized carbons (Fsp3) is 0. The quantitative estimate of drug-likeness (QED) is 0.267. The second-order valence-electron chi connectivity index (χ2n) is 5.81. The number of phenols is 1. The highest BCUT2D eigenvalue weighted by Crippen LogP contribution is 2.27. The highest BCUT2D eigenvalue weighted by atomic mass is 32.1. The van der Waals surface area contributed by atoms with Crippen LogP contribution >= 0.6 is 12.2 Å². The van der Waals surface area contributed by atoms with Crippen molar-refractivity contribution in [2.24, 2.45) is 0 Å². The van der Waals surface area contributed by atoms with Gasteiger partial charge in [0.15, 0.2) is 5.11 Å². The second-order valence-corrected chi connectivity index (χ2v) is 6.22. The molecule has 0 fully saturated rings. The van der Waals surface area contributed by atoms with Crippen LogP contribution in [0.15, 0.2) is 72.8 Å². The topological polar surface area (TPSA) is 104 Å². The molecule has 8 heteroatoms. The number of amides is 1. The Morgan fingerprint density at radius 3 is 2.21 bits per heavy atom. The zero-order chi connectivity index (χ0) is 20.1. The van der Waals surface area contributed by atoms with Gasteiger partial charge in [0.1, 0.15) is 5.75 Å². The van der Waals surface area contributed by atoms with E-state index in [1.807, 2.05) is 42.5 Å². The third kappa shape index (κ3) is 4.49. The van der Waals surface area contributed by atoms with Crippen molar-refractivity contribution in [1.29, 1.82) is 0 Å². The van der Waals surface area contributed by atoms with Gasteiger partial charge in [-0.2, -0.15) is 0 Å². The molecule has 0 atom stereocenters. The minimum atomic E-state index is -0.622.